The lowest BCUT2D eigenvalue weighted by Gasteiger charge is -2.21. The Labute approximate surface area is 189 Å². The summed E-state index contributed by atoms with van der Waals surface area (Å²) in [4.78, 5) is 10.1. The van der Waals surface area contributed by atoms with Gasteiger partial charge in [0, 0.05) is 49.3 Å². The zero-order valence-corrected chi connectivity index (χ0v) is 19.9. The SMILES string of the molecule is CN=C(NCCN1CCCN(C)CC1)NCC(O)c1cc2ccccc2s1.I. The summed E-state index contributed by atoms with van der Waals surface area (Å²) in [6.07, 6.45) is 0.687. The van der Waals surface area contributed by atoms with Gasteiger partial charge in [-0.1, -0.05) is 18.2 Å². The zero-order chi connectivity index (χ0) is 19.1. The summed E-state index contributed by atoms with van der Waals surface area (Å²) in [5.74, 6) is 0.738. The van der Waals surface area contributed by atoms with Crippen LogP contribution in [0.25, 0.3) is 10.1 Å². The fourth-order valence-electron chi connectivity index (χ4n) is 3.34. The molecule has 0 amide bonds. The third kappa shape index (κ3) is 6.84. The highest BCUT2D eigenvalue weighted by molar-refractivity contribution is 14.0. The Morgan fingerprint density at radius 3 is 2.82 bits per heavy atom. The van der Waals surface area contributed by atoms with E-state index in [4.69, 9.17) is 0 Å². The number of hydrogen-bond acceptors (Lipinski definition) is 5. The number of fused-ring (bicyclic) bond motifs is 1. The number of aliphatic hydroxyl groups is 1. The summed E-state index contributed by atoms with van der Waals surface area (Å²) >= 11 is 1.64. The molecule has 1 fully saturated rings. The van der Waals surface area contributed by atoms with Gasteiger partial charge in [0.05, 0.1) is 0 Å². The summed E-state index contributed by atoms with van der Waals surface area (Å²) in [5.41, 5.74) is 0. The van der Waals surface area contributed by atoms with Crippen molar-refractivity contribution in [1.82, 2.24) is 20.4 Å². The molecule has 3 N–H and O–H groups in total. The molecule has 8 heteroatoms. The highest BCUT2D eigenvalue weighted by Crippen LogP contribution is 2.29. The highest BCUT2D eigenvalue weighted by atomic mass is 127. The second kappa shape index (κ2) is 11.9. The average molecular weight is 517 g/mol. The molecule has 0 radical (unpaired) electrons. The number of aliphatic hydroxyl groups excluding tert-OH is 1. The molecular weight excluding hydrogens is 485 g/mol. The molecule has 6 nitrogen and oxygen atoms in total. The third-order valence-corrected chi connectivity index (χ3v) is 6.21. The normalized spacial score (nSPS) is 17.8. The average Bonchev–Trinajstić information content (AvgIpc) is 3.01. The predicted molar refractivity (Wildman–Crippen MR) is 130 cm³/mol. The van der Waals surface area contributed by atoms with E-state index in [0.717, 1.165) is 43.6 Å². The second-order valence-corrected chi connectivity index (χ2v) is 8.20. The predicted octanol–water partition coefficient (Wildman–Crippen LogP) is 2.36. The summed E-state index contributed by atoms with van der Waals surface area (Å²) in [6, 6.07) is 10.3. The fourth-order valence-corrected chi connectivity index (χ4v) is 4.39. The van der Waals surface area contributed by atoms with Gasteiger partial charge in [0.25, 0.3) is 0 Å². The third-order valence-electron chi connectivity index (χ3n) is 4.99. The first kappa shape index (κ1) is 23.3. The second-order valence-electron chi connectivity index (χ2n) is 7.08. The number of guanidine groups is 1. The van der Waals surface area contributed by atoms with Gasteiger partial charge < -0.3 is 25.5 Å². The number of hydrogen-bond donors (Lipinski definition) is 3. The lowest BCUT2D eigenvalue weighted by Crippen LogP contribution is -2.43. The minimum atomic E-state index is -0.540. The quantitative estimate of drug-likeness (QED) is 0.312. The van der Waals surface area contributed by atoms with Crippen molar-refractivity contribution in [2.75, 3.05) is 59.9 Å². The van der Waals surface area contributed by atoms with Gasteiger partial charge in [-0.05, 0) is 44.1 Å². The number of benzene rings is 1. The van der Waals surface area contributed by atoms with Gasteiger partial charge in [-0.15, -0.1) is 35.3 Å². The Balaban J connectivity index is 0.00000280. The molecule has 1 saturated heterocycles. The molecule has 1 aliphatic rings. The van der Waals surface area contributed by atoms with Crippen molar-refractivity contribution in [2.24, 2.45) is 4.99 Å². The zero-order valence-electron chi connectivity index (χ0n) is 16.7. The Hall–Kier alpha value is -0.940. The first-order chi connectivity index (χ1) is 13.2. The highest BCUT2D eigenvalue weighted by Gasteiger charge is 2.13. The topological polar surface area (TPSA) is 63.1 Å². The molecule has 1 atom stereocenters. The van der Waals surface area contributed by atoms with Crippen molar-refractivity contribution in [3.63, 3.8) is 0 Å². The summed E-state index contributed by atoms with van der Waals surface area (Å²) < 4.78 is 1.21. The number of nitrogens with zero attached hydrogens (tertiary/aromatic N) is 3. The molecule has 0 saturated carbocycles. The van der Waals surface area contributed by atoms with Crippen LogP contribution in [0.5, 0.6) is 0 Å². The summed E-state index contributed by atoms with van der Waals surface area (Å²) in [5, 5.41) is 18.3. The van der Waals surface area contributed by atoms with Crippen LogP contribution < -0.4 is 10.6 Å². The van der Waals surface area contributed by atoms with E-state index in [1.165, 1.54) is 23.1 Å². The molecule has 0 spiro atoms. The van der Waals surface area contributed by atoms with Gasteiger partial charge in [-0.25, -0.2) is 0 Å². The van der Waals surface area contributed by atoms with Crippen molar-refractivity contribution >= 4 is 51.4 Å². The number of nitrogens with one attached hydrogen (secondary N) is 2. The molecule has 2 aromatic rings. The largest absolute Gasteiger partial charge is 0.386 e. The van der Waals surface area contributed by atoms with Crippen molar-refractivity contribution in [1.29, 1.82) is 0 Å². The Morgan fingerprint density at radius 1 is 1.21 bits per heavy atom. The number of thiophene rings is 1. The standard InChI is InChI=1S/C20H31N5OS.HI/c1-21-20(22-8-11-25-10-5-9-24(2)12-13-25)23-15-17(26)19-14-16-6-3-4-7-18(16)27-19;/h3-4,6-7,14,17,26H,5,8-13,15H2,1-2H3,(H2,21,22,23);1H. The van der Waals surface area contributed by atoms with Gasteiger partial charge >= 0.3 is 0 Å². The van der Waals surface area contributed by atoms with Crippen LogP contribution in [0.4, 0.5) is 0 Å². The molecule has 1 unspecified atom stereocenters. The maximum Gasteiger partial charge on any atom is 0.191 e. The lowest BCUT2D eigenvalue weighted by atomic mass is 10.2. The number of rotatable bonds is 6. The Kier molecular flexibility index (Phi) is 9.93. The number of halogens is 1. The van der Waals surface area contributed by atoms with E-state index in [-0.39, 0.29) is 24.0 Å². The molecule has 1 aliphatic heterocycles. The minimum Gasteiger partial charge on any atom is -0.386 e. The van der Waals surface area contributed by atoms with Crippen LogP contribution in [-0.2, 0) is 0 Å². The van der Waals surface area contributed by atoms with Crippen LogP contribution in [0, 0.1) is 0 Å². The summed E-state index contributed by atoms with van der Waals surface area (Å²) in [7, 11) is 3.96. The van der Waals surface area contributed by atoms with Gasteiger partial charge in [-0.3, -0.25) is 4.99 Å². The molecule has 156 valence electrons. The van der Waals surface area contributed by atoms with E-state index in [2.05, 4.69) is 50.7 Å². The molecule has 1 aromatic heterocycles. The van der Waals surface area contributed by atoms with Gasteiger partial charge in [0.1, 0.15) is 6.10 Å². The first-order valence-electron chi connectivity index (χ1n) is 9.67. The van der Waals surface area contributed by atoms with E-state index in [1.54, 1.807) is 18.4 Å². The van der Waals surface area contributed by atoms with Crippen molar-refractivity contribution < 1.29 is 5.11 Å². The van der Waals surface area contributed by atoms with E-state index < -0.39 is 6.10 Å². The lowest BCUT2D eigenvalue weighted by molar-refractivity contribution is 0.184. The van der Waals surface area contributed by atoms with Gasteiger partial charge in [-0.2, -0.15) is 0 Å². The molecule has 1 aromatic carbocycles. The van der Waals surface area contributed by atoms with Crippen LogP contribution in [0.1, 0.15) is 17.4 Å². The maximum atomic E-state index is 10.5. The van der Waals surface area contributed by atoms with Crippen LogP contribution >= 0.6 is 35.3 Å². The molecular formula is C20H32IN5OS. The van der Waals surface area contributed by atoms with E-state index in [9.17, 15) is 5.11 Å². The minimum absolute atomic E-state index is 0. The van der Waals surface area contributed by atoms with Crippen LogP contribution in [0.3, 0.4) is 0 Å². The van der Waals surface area contributed by atoms with Crippen LogP contribution in [0.2, 0.25) is 0 Å². The maximum absolute atomic E-state index is 10.5. The van der Waals surface area contributed by atoms with E-state index >= 15 is 0 Å². The molecule has 0 aliphatic carbocycles. The van der Waals surface area contributed by atoms with Crippen LogP contribution in [0.15, 0.2) is 35.3 Å². The van der Waals surface area contributed by atoms with Crippen LogP contribution in [-0.4, -0.2) is 80.8 Å². The molecule has 2 heterocycles. The Morgan fingerprint density at radius 2 is 2.04 bits per heavy atom. The number of likely N-dealkylation sites (N-methyl/N-ethyl adjacent to an activating group) is 1. The fraction of sp³-hybridized carbons (Fsp3) is 0.550. The molecule has 3 rings (SSSR count). The van der Waals surface area contributed by atoms with Crippen molar-refractivity contribution in [2.45, 2.75) is 12.5 Å². The molecule has 0 bridgehead atoms. The van der Waals surface area contributed by atoms with Crippen molar-refractivity contribution in [3.8, 4) is 0 Å². The van der Waals surface area contributed by atoms with E-state index in [1.807, 2.05) is 12.1 Å². The Bertz CT molecular complexity index is 720. The van der Waals surface area contributed by atoms with Gasteiger partial charge in [0.15, 0.2) is 5.96 Å². The molecule has 28 heavy (non-hydrogen) atoms. The van der Waals surface area contributed by atoms with Gasteiger partial charge in [0.2, 0.25) is 0 Å². The first-order valence-corrected chi connectivity index (χ1v) is 10.5. The summed E-state index contributed by atoms with van der Waals surface area (Å²) in [6.45, 7) is 6.89. The van der Waals surface area contributed by atoms with E-state index in [0.29, 0.717) is 6.54 Å². The van der Waals surface area contributed by atoms with Crippen molar-refractivity contribution in [3.05, 3.63) is 35.2 Å². The number of aliphatic imine (C=N–C) groups is 1. The monoisotopic (exact) mass is 517 g/mol. The smallest absolute Gasteiger partial charge is 0.191 e.